The van der Waals surface area contributed by atoms with E-state index in [4.69, 9.17) is 4.74 Å². The standard InChI is InChI=1S/C16H21N3O2/c1-11(2)10-21-16(20)15-13(4)19(18-17-15)9-14-7-5-6-12(3)8-14/h5-8,11H,9-10H2,1-4H3. The number of carbonyl (C=O) groups is 1. The molecule has 1 heterocycles. The Kier molecular flexibility index (Phi) is 4.73. The highest BCUT2D eigenvalue weighted by atomic mass is 16.5. The zero-order chi connectivity index (χ0) is 15.4. The lowest BCUT2D eigenvalue weighted by atomic mass is 10.1. The molecule has 0 N–H and O–H groups in total. The monoisotopic (exact) mass is 287 g/mol. The SMILES string of the molecule is Cc1cccc(Cn2nnc(C(=O)OCC(C)C)c2C)c1. The summed E-state index contributed by atoms with van der Waals surface area (Å²) in [5.41, 5.74) is 3.35. The summed E-state index contributed by atoms with van der Waals surface area (Å²) >= 11 is 0. The maximum absolute atomic E-state index is 12.0. The highest BCUT2D eigenvalue weighted by molar-refractivity contribution is 5.88. The van der Waals surface area contributed by atoms with Crippen molar-refractivity contribution in [1.29, 1.82) is 0 Å². The highest BCUT2D eigenvalue weighted by Crippen LogP contribution is 2.11. The van der Waals surface area contributed by atoms with Crippen molar-refractivity contribution < 1.29 is 9.53 Å². The summed E-state index contributed by atoms with van der Waals surface area (Å²) in [6.45, 7) is 8.86. The molecular formula is C16H21N3O2. The van der Waals surface area contributed by atoms with Crippen molar-refractivity contribution in [3.63, 3.8) is 0 Å². The van der Waals surface area contributed by atoms with Crippen molar-refractivity contribution in [1.82, 2.24) is 15.0 Å². The Bertz CT molecular complexity index is 632. The quantitative estimate of drug-likeness (QED) is 0.793. The van der Waals surface area contributed by atoms with E-state index >= 15 is 0 Å². The summed E-state index contributed by atoms with van der Waals surface area (Å²) < 4.78 is 6.92. The third-order valence-corrected chi connectivity index (χ3v) is 3.14. The van der Waals surface area contributed by atoms with E-state index in [0.29, 0.717) is 24.8 Å². The molecule has 112 valence electrons. The van der Waals surface area contributed by atoms with Crippen LogP contribution in [0, 0.1) is 19.8 Å². The average molecular weight is 287 g/mol. The van der Waals surface area contributed by atoms with Crippen LogP contribution < -0.4 is 0 Å². The Morgan fingerprint density at radius 1 is 1.33 bits per heavy atom. The van der Waals surface area contributed by atoms with Crippen LogP contribution in [0.25, 0.3) is 0 Å². The van der Waals surface area contributed by atoms with Gasteiger partial charge in [0, 0.05) is 0 Å². The minimum atomic E-state index is -0.406. The first-order valence-corrected chi connectivity index (χ1v) is 7.10. The van der Waals surface area contributed by atoms with E-state index in [1.165, 1.54) is 5.56 Å². The van der Waals surface area contributed by atoms with E-state index in [9.17, 15) is 4.79 Å². The molecule has 0 bridgehead atoms. The van der Waals surface area contributed by atoms with Crippen molar-refractivity contribution in [2.45, 2.75) is 34.2 Å². The molecule has 0 atom stereocenters. The van der Waals surface area contributed by atoms with Crippen LogP contribution >= 0.6 is 0 Å². The highest BCUT2D eigenvalue weighted by Gasteiger charge is 2.18. The van der Waals surface area contributed by atoms with Crippen LogP contribution in [0.15, 0.2) is 24.3 Å². The van der Waals surface area contributed by atoms with Gasteiger partial charge >= 0.3 is 5.97 Å². The molecule has 5 heteroatoms. The number of hydrogen-bond acceptors (Lipinski definition) is 4. The second-order valence-electron chi connectivity index (χ2n) is 5.66. The van der Waals surface area contributed by atoms with Gasteiger partial charge in [-0.1, -0.05) is 48.9 Å². The van der Waals surface area contributed by atoms with Gasteiger partial charge in [0.05, 0.1) is 18.8 Å². The van der Waals surface area contributed by atoms with Gasteiger partial charge in [0.1, 0.15) is 0 Å². The Labute approximate surface area is 124 Å². The Hall–Kier alpha value is -2.17. The Morgan fingerprint density at radius 2 is 2.10 bits per heavy atom. The molecule has 0 fully saturated rings. The normalized spacial score (nSPS) is 10.9. The van der Waals surface area contributed by atoms with Gasteiger partial charge in [0.25, 0.3) is 0 Å². The summed E-state index contributed by atoms with van der Waals surface area (Å²) in [5.74, 6) is -0.103. The first-order chi connectivity index (χ1) is 9.97. The van der Waals surface area contributed by atoms with Gasteiger partial charge in [0.2, 0.25) is 0 Å². The summed E-state index contributed by atoms with van der Waals surface area (Å²) in [6.07, 6.45) is 0. The lowest BCUT2D eigenvalue weighted by molar-refractivity contribution is 0.0451. The summed E-state index contributed by atoms with van der Waals surface area (Å²) in [4.78, 5) is 12.0. The molecule has 0 unspecified atom stereocenters. The maximum Gasteiger partial charge on any atom is 0.360 e. The first kappa shape index (κ1) is 15.2. The van der Waals surface area contributed by atoms with E-state index < -0.39 is 5.97 Å². The molecule has 5 nitrogen and oxygen atoms in total. The molecule has 0 aliphatic heterocycles. The molecule has 0 aliphatic rings. The molecular weight excluding hydrogens is 266 g/mol. The van der Waals surface area contributed by atoms with Gasteiger partial charge in [-0.15, -0.1) is 5.10 Å². The number of benzene rings is 1. The predicted octanol–water partition coefficient (Wildman–Crippen LogP) is 2.76. The fraction of sp³-hybridized carbons (Fsp3) is 0.438. The van der Waals surface area contributed by atoms with E-state index in [2.05, 4.69) is 16.4 Å². The molecule has 0 spiro atoms. The van der Waals surface area contributed by atoms with Gasteiger partial charge in [-0.25, -0.2) is 9.48 Å². The lowest BCUT2D eigenvalue weighted by Crippen LogP contribution is -2.12. The topological polar surface area (TPSA) is 57.0 Å². The zero-order valence-corrected chi connectivity index (χ0v) is 13.0. The molecule has 1 aromatic heterocycles. The third-order valence-electron chi connectivity index (χ3n) is 3.14. The van der Waals surface area contributed by atoms with Gasteiger partial charge in [-0.3, -0.25) is 0 Å². The number of hydrogen-bond donors (Lipinski definition) is 0. The van der Waals surface area contributed by atoms with Crippen LogP contribution in [0.4, 0.5) is 0 Å². The minimum absolute atomic E-state index is 0.295. The molecule has 1 aromatic carbocycles. The van der Waals surface area contributed by atoms with Crippen LogP contribution in [0.5, 0.6) is 0 Å². The van der Waals surface area contributed by atoms with E-state index in [1.54, 1.807) is 4.68 Å². The Morgan fingerprint density at radius 3 is 2.76 bits per heavy atom. The maximum atomic E-state index is 12.0. The van der Waals surface area contributed by atoms with Gasteiger partial charge in [-0.05, 0) is 25.3 Å². The Balaban J connectivity index is 2.11. The van der Waals surface area contributed by atoms with E-state index in [1.807, 2.05) is 45.9 Å². The predicted molar refractivity (Wildman–Crippen MR) is 80.2 cm³/mol. The van der Waals surface area contributed by atoms with Crippen molar-refractivity contribution in [3.05, 3.63) is 46.8 Å². The number of rotatable bonds is 5. The minimum Gasteiger partial charge on any atom is -0.461 e. The number of esters is 1. The molecule has 2 aromatic rings. The van der Waals surface area contributed by atoms with Gasteiger partial charge in [-0.2, -0.15) is 0 Å². The number of nitrogens with zero attached hydrogens (tertiary/aromatic N) is 3. The molecule has 0 radical (unpaired) electrons. The summed E-state index contributed by atoms with van der Waals surface area (Å²) in [6, 6.07) is 8.18. The van der Waals surface area contributed by atoms with E-state index in [-0.39, 0.29) is 0 Å². The lowest BCUT2D eigenvalue weighted by Gasteiger charge is -2.07. The fourth-order valence-electron chi connectivity index (χ4n) is 1.99. The van der Waals surface area contributed by atoms with Gasteiger partial charge < -0.3 is 4.74 Å². The van der Waals surface area contributed by atoms with Crippen LogP contribution in [0.3, 0.4) is 0 Å². The number of aryl methyl sites for hydroxylation is 1. The average Bonchev–Trinajstić information content (AvgIpc) is 2.78. The molecule has 0 saturated carbocycles. The second-order valence-corrected chi connectivity index (χ2v) is 5.66. The van der Waals surface area contributed by atoms with Crippen LogP contribution in [0.1, 0.15) is 41.2 Å². The van der Waals surface area contributed by atoms with Gasteiger partial charge in [0.15, 0.2) is 5.69 Å². The number of ether oxygens (including phenoxy) is 1. The smallest absolute Gasteiger partial charge is 0.360 e. The van der Waals surface area contributed by atoms with Crippen LogP contribution in [-0.4, -0.2) is 27.6 Å². The fourth-order valence-corrected chi connectivity index (χ4v) is 1.99. The second kappa shape index (κ2) is 6.52. The van der Waals surface area contributed by atoms with Crippen LogP contribution in [0.2, 0.25) is 0 Å². The first-order valence-electron chi connectivity index (χ1n) is 7.10. The van der Waals surface area contributed by atoms with Crippen molar-refractivity contribution in [3.8, 4) is 0 Å². The number of carbonyl (C=O) groups excluding carboxylic acids is 1. The molecule has 2 rings (SSSR count). The van der Waals surface area contributed by atoms with Crippen molar-refractivity contribution >= 4 is 5.97 Å². The van der Waals surface area contributed by atoms with E-state index in [0.717, 1.165) is 11.3 Å². The molecule has 21 heavy (non-hydrogen) atoms. The summed E-state index contributed by atoms with van der Waals surface area (Å²) in [7, 11) is 0. The molecule has 0 saturated heterocycles. The molecule has 0 amide bonds. The van der Waals surface area contributed by atoms with Crippen LogP contribution in [-0.2, 0) is 11.3 Å². The molecule has 0 aliphatic carbocycles. The summed E-state index contributed by atoms with van der Waals surface area (Å²) in [5, 5.41) is 8.01. The zero-order valence-electron chi connectivity index (χ0n) is 13.0. The number of aromatic nitrogens is 3. The van der Waals surface area contributed by atoms with Crippen molar-refractivity contribution in [2.24, 2.45) is 5.92 Å². The van der Waals surface area contributed by atoms with Crippen molar-refractivity contribution in [2.75, 3.05) is 6.61 Å². The largest absolute Gasteiger partial charge is 0.461 e. The third kappa shape index (κ3) is 3.90.